The molecule has 5 aliphatic carbocycles. The van der Waals surface area contributed by atoms with Crippen LogP contribution >= 0.6 is 0 Å². The number of fused-ring (bicyclic) bond motifs is 2. The number of imide groups is 1. The second kappa shape index (κ2) is 8.05. The number of aliphatic carboxylic acids is 1. The Hall–Kier alpha value is -2.95. The molecule has 1 N–H and O–H groups in total. The van der Waals surface area contributed by atoms with Crippen molar-refractivity contribution >= 4 is 34.2 Å². The summed E-state index contributed by atoms with van der Waals surface area (Å²) in [7, 11) is 0. The molecule has 2 amide bonds. The molecule has 0 unspecified atom stereocenters. The van der Waals surface area contributed by atoms with Crippen LogP contribution < -0.4 is 4.90 Å². The number of anilines is 1. The number of benzene rings is 2. The highest BCUT2D eigenvalue weighted by Crippen LogP contribution is 2.74. The van der Waals surface area contributed by atoms with Crippen LogP contribution in [0.3, 0.4) is 0 Å². The monoisotopic (exact) mass is 525 g/mol. The topological polar surface area (TPSA) is 74.7 Å². The molecule has 1 heterocycles. The first-order valence-corrected chi connectivity index (χ1v) is 14.9. The van der Waals surface area contributed by atoms with Crippen LogP contribution in [0.1, 0.15) is 66.2 Å². The summed E-state index contributed by atoms with van der Waals surface area (Å²) in [4.78, 5) is 43.1. The van der Waals surface area contributed by atoms with Gasteiger partial charge in [-0.25, -0.2) is 4.90 Å². The zero-order valence-corrected chi connectivity index (χ0v) is 23.4. The minimum Gasteiger partial charge on any atom is -0.481 e. The van der Waals surface area contributed by atoms with Crippen LogP contribution in [0.15, 0.2) is 54.1 Å². The number of rotatable bonds is 3. The summed E-state index contributed by atoms with van der Waals surface area (Å²) in [6.45, 7) is 8.71. The number of allylic oxidation sites excluding steroid dienone is 2. The zero-order valence-electron chi connectivity index (χ0n) is 23.4. The predicted molar refractivity (Wildman–Crippen MR) is 151 cm³/mol. The minimum absolute atomic E-state index is 0.0342. The first kappa shape index (κ1) is 25.0. The van der Waals surface area contributed by atoms with E-state index >= 15 is 0 Å². The van der Waals surface area contributed by atoms with Crippen LogP contribution in [0.25, 0.3) is 10.8 Å². The SMILES string of the molecule is CC(C)C1=C[C@]23CC[C@@H]4[C@](C)(CCC[C@@]4(C)C(=O)O)[C@@H]2C[C@H]1[C@H]1C(=O)N(c2cccc4ccccc24)C(=O)[C@H]13. The van der Waals surface area contributed by atoms with Gasteiger partial charge < -0.3 is 5.11 Å². The molecule has 1 aliphatic heterocycles. The number of carboxylic acids is 1. The van der Waals surface area contributed by atoms with Crippen molar-refractivity contribution in [3.05, 3.63) is 54.1 Å². The number of hydrogen-bond donors (Lipinski definition) is 1. The fourth-order valence-electron chi connectivity index (χ4n) is 10.6. The van der Waals surface area contributed by atoms with Gasteiger partial charge in [0, 0.05) is 10.8 Å². The number of amides is 2. The molecule has 2 aromatic carbocycles. The molecule has 2 bridgehead atoms. The molecule has 5 nitrogen and oxygen atoms in total. The average Bonchev–Trinajstić information content (AvgIpc) is 3.19. The third-order valence-electron chi connectivity index (χ3n) is 12.2. The molecular weight excluding hydrogens is 486 g/mol. The Labute approximate surface area is 230 Å². The van der Waals surface area contributed by atoms with Crippen molar-refractivity contribution < 1.29 is 19.5 Å². The van der Waals surface area contributed by atoms with Crippen molar-refractivity contribution in [2.45, 2.75) is 66.2 Å². The minimum atomic E-state index is -0.736. The largest absolute Gasteiger partial charge is 0.481 e. The lowest BCUT2D eigenvalue weighted by atomic mass is 9.34. The molecule has 3 saturated carbocycles. The number of carboxylic acid groups (broad SMARTS) is 1. The van der Waals surface area contributed by atoms with Crippen molar-refractivity contribution in [2.75, 3.05) is 4.90 Å². The maximum atomic E-state index is 14.6. The maximum absolute atomic E-state index is 14.6. The van der Waals surface area contributed by atoms with Crippen LogP contribution in [0.2, 0.25) is 0 Å². The second-order valence-electron chi connectivity index (χ2n) is 14.0. The molecule has 4 fully saturated rings. The van der Waals surface area contributed by atoms with Crippen molar-refractivity contribution in [1.82, 2.24) is 0 Å². The molecule has 1 spiro atoms. The molecule has 204 valence electrons. The highest BCUT2D eigenvalue weighted by molar-refractivity contribution is 6.25. The summed E-state index contributed by atoms with van der Waals surface area (Å²) in [5.74, 6) is -0.828. The van der Waals surface area contributed by atoms with E-state index in [2.05, 4.69) is 26.8 Å². The standard InChI is InChI=1S/C34H39NO4/c1-19(2)23-18-34-16-13-25-32(3,14-8-15-33(25,4)31(38)39)26(34)17-22(23)27-28(34)30(37)35(29(27)36)24-12-7-10-20-9-5-6-11-21(20)24/h5-7,9-12,18-19,22,25-28H,8,13-17H2,1-4H3,(H,38,39)/t22-,25-,26+,27-,28+,32+,33-,34-/m1/s1. The van der Waals surface area contributed by atoms with Crippen LogP contribution in [0.4, 0.5) is 5.69 Å². The highest BCUT2D eigenvalue weighted by Gasteiger charge is 2.73. The normalized spacial score (nSPS) is 40.9. The van der Waals surface area contributed by atoms with Gasteiger partial charge in [-0.15, -0.1) is 0 Å². The van der Waals surface area contributed by atoms with Gasteiger partial charge in [0.15, 0.2) is 0 Å². The summed E-state index contributed by atoms with van der Waals surface area (Å²) < 4.78 is 0. The van der Waals surface area contributed by atoms with Crippen molar-refractivity contribution in [2.24, 2.45) is 51.8 Å². The van der Waals surface area contributed by atoms with Gasteiger partial charge in [0.1, 0.15) is 0 Å². The van der Waals surface area contributed by atoms with Gasteiger partial charge in [-0.1, -0.05) is 75.2 Å². The van der Waals surface area contributed by atoms with E-state index in [1.807, 2.05) is 49.4 Å². The Morgan fingerprint density at radius 1 is 0.974 bits per heavy atom. The summed E-state index contributed by atoms with van der Waals surface area (Å²) in [6, 6.07) is 13.9. The number of carbonyl (C=O) groups excluding carboxylic acids is 2. The fraction of sp³-hybridized carbons (Fsp3) is 0.559. The third kappa shape index (κ3) is 3.00. The molecule has 5 heteroatoms. The van der Waals surface area contributed by atoms with E-state index in [0.717, 1.165) is 49.3 Å². The van der Waals surface area contributed by atoms with Crippen molar-refractivity contribution in [1.29, 1.82) is 0 Å². The number of hydrogen-bond acceptors (Lipinski definition) is 3. The zero-order chi connectivity index (χ0) is 27.5. The molecule has 8 rings (SSSR count). The Kier molecular flexibility index (Phi) is 5.17. The van der Waals surface area contributed by atoms with E-state index in [4.69, 9.17) is 0 Å². The van der Waals surface area contributed by atoms with Crippen LogP contribution in [-0.4, -0.2) is 22.9 Å². The summed E-state index contributed by atoms with van der Waals surface area (Å²) in [6.07, 6.45) is 7.53. The Bertz CT molecular complexity index is 1450. The Balaban J connectivity index is 1.38. The Morgan fingerprint density at radius 3 is 2.46 bits per heavy atom. The first-order valence-electron chi connectivity index (χ1n) is 14.9. The van der Waals surface area contributed by atoms with Gasteiger partial charge >= 0.3 is 5.97 Å². The summed E-state index contributed by atoms with van der Waals surface area (Å²) in [5, 5.41) is 12.3. The average molecular weight is 526 g/mol. The van der Waals surface area contributed by atoms with Crippen LogP contribution in [-0.2, 0) is 14.4 Å². The van der Waals surface area contributed by atoms with E-state index in [9.17, 15) is 19.5 Å². The van der Waals surface area contributed by atoms with E-state index in [1.165, 1.54) is 10.5 Å². The molecule has 6 aliphatic rings. The van der Waals surface area contributed by atoms with Gasteiger partial charge in [-0.3, -0.25) is 14.4 Å². The quantitative estimate of drug-likeness (QED) is 0.351. The van der Waals surface area contributed by atoms with E-state index in [1.54, 1.807) is 0 Å². The molecule has 2 aromatic rings. The smallest absolute Gasteiger partial charge is 0.309 e. The molecular formula is C34H39NO4. The van der Waals surface area contributed by atoms with Gasteiger partial charge in [0.2, 0.25) is 11.8 Å². The molecule has 39 heavy (non-hydrogen) atoms. The molecule has 0 aromatic heterocycles. The van der Waals surface area contributed by atoms with Crippen molar-refractivity contribution in [3.8, 4) is 0 Å². The maximum Gasteiger partial charge on any atom is 0.309 e. The van der Waals surface area contributed by atoms with E-state index in [0.29, 0.717) is 11.6 Å². The Morgan fingerprint density at radius 2 is 1.72 bits per heavy atom. The lowest BCUT2D eigenvalue weighted by molar-refractivity contribution is -0.194. The lowest BCUT2D eigenvalue weighted by Gasteiger charge is -2.68. The molecule has 0 radical (unpaired) electrons. The van der Waals surface area contributed by atoms with E-state index < -0.39 is 16.8 Å². The molecule has 8 atom stereocenters. The van der Waals surface area contributed by atoms with E-state index in [-0.39, 0.29) is 46.8 Å². The van der Waals surface area contributed by atoms with Gasteiger partial charge in [-0.2, -0.15) is 0 Å². The second-order valence-corrected chi connectivity index (χ2v) is 14.0. The number of carbonyl (C=O) groups is 3. The van der Waals surface area contributed by atoms with Gasteiger partial charge in [0.05, 0.1) is 22.9 Å². The summed E-state index contributed by atoms with van der Waals surface area (Å²) >= 11 is 0. The third-order valence-corrected chi connectivity index (χ3v) is 12.2. The predicted octanol–water partition coefficient (Wildman–Crippen LogP) is 6.86. The lowest BCUT2D eigenvalue weighted by Crippen LogP contribution is -2.65. The first-order chi connectivity index (χ1) is 18.5. The highest BCUT2D eigenvalue weighted by atomic mass is 16.4. The fourth-order valence-corrected chi connectivity index (χ4v) is 10.6. The number of nitrogens with zero attached hydrogens (tertiary/aromatic N) is 1. The molecule has 1 saturated heterocycles. The van der Waals surface area contributed by atoms with Crippen LogP contribution in [0, 0.1) is 51.8 Å². The van der Waals surface area contributed by atoms with Crippen LogP contribution in [0.5, 0.6) is 0 Å². The van der Waals surface area contributed by atoms with Crippen molar-refractivity contribution in [3.63, 3.8) is 0 Å². The summed E-state index contributed by atoms with van der Waals surface area (Å²) in [5.41, 5.74) is 0.744. The van der Waals surface area contributed by atoms with Gasteiger partial charge in [-0.05, 0) is 79.6 Å². The van der Waals surface area contributed by atoms with Gasteiger partial charge in [0.25, 0.3) is 0 Å².